The molecule has 1 aliphatic carbocycles. The molecule has 0 radical (unpaired) electrons. The van der Waals surface area contributed by atoms with Crippen LogP contribution in [-0.4, -0.2) is 16.0 Å². The largest absolute Gasteiger partial charge is 0.414 e. The second-order valence-electron chi connectivity index (χ2n) is 4.06. The van der Waals surface area contributed by atoms with E-state index >= 15 is 0 Å². The van der Waals surface area contributed by atoms with Crippen molar-refractivity contribution >= 4 is 5.78 Å². The van der Waals surface area contributed by atoms with Gasteiger partial charge in [-0.3, -0.25) is 4.79 Å². The summed E-state index contributed by atoms with van der Waals surface area (Å²) in [6.07, 6.45) is 1.77. The smallest absolute Gasteiger partial charge is 0.284 e. The van der Waals surface area contributed by atoms with Crippen molar-refractivity contribution in [3.8, 4) is 11.5 Å². The number of Topliss-reactive ketones (excluding diaryl/α,β-unsaturated/α-hetero) is 1. The highest BCUT2D eigenvalue weighted by Crippen LogP contribution is 2.32. The third-order valence-corrected chi connectivity index (χ3v) is 2.66. The van der Waals surface area contributed by atoms with Crippen molar-refractivity contribution in [1.29, 1.82) is 0 Å². The molecule has 0 aliphatic heterocycles. The lowest BCUT2D eigenvalue weighted by atomic mass is 10.2. The molecular formula is C12H9FN2O2. The van der Waals surface area contributed by atoms with Crippen LogP contribution < -0.4 is 0 Å². The summed E-state index contributed by atoms with van der Waals surface area (Å²) in [5, 5.41) is 7.45. The highest BCUT2D eigenvalue weighted by atomic mass is 19.1. The van der Waals surface area contributed by atoms with Crippen molar-refractivity contribution in [2.24, 2.45) is 5.92 Å². The van der Waals surface area contributed by atoms with Crippen LogP contribution >= 0.6 is 0 Å². The molecule has 1 aromatic heterocycles. The Kier molecular flexibility index (Phi) is 2.24. The quantitative estimate of drug-likeness (QED) is 0.763. The molecule has 3 rings (SSSR count). The molecule has 0 bridgehead atoms. The average Bonchev–Trinajstić information content (AvgIpc) is 3.05. The predicted molar refractivity (Wildman–Crippen MR) is 56.7 cm³/mol. The van der Waals surface area contributed by atoms with Gasteiger partial charge in [0.15, 0.2) is 0 Å². The summed E-state index contributed by atoms with van der Waals surface area (Å²) in [6.45, 7) is 0. The van der Waals surface area contributed by atoms with E-state index in [0.717, 1.165) is 12.8 Å². The van der Waals surface area contributed by atoms with Gasteiger partial charge in [0.1, 0.15) is 5.82 Å². The van der Waals surface area contributed by atoms with E-state index in [2.05, 4.69) is 10.2 Å². The van der Waals surface area contributed by atoms with Crippen LogP contribution in [0.5, 0.6) is 0 Å². The average molecular weight is 232 g/mol. The minimum absolute atomic E-state index is 0.0201. The van der Waals surface area contributed by atoms with E-state index in [0.29, 0.717) is 5.56 Å². The lowest BCUT2D eigenvalue weighted by Gasteiger charge is -1.93. The minimum Gasteiger partial charge on any atom is -0.414 e. The molecule has 1 aromatic carbocycles. The molecule has 1 heterocycles. The first-order valence-corrected chi connectivity index (χ1v) is 5.38. The minimum atomic E-state index is -0.379. The van der Waals surface area contributed by atoms with Crippen molar-refractivity contribution in [2.75, 3.05) is 0 Å². The maximum Gasteiger partial charge on any atom is 0.284 e. The first-order valence-electron chi connectivity index (χ1n) is 5.38. The summed E-state index contributed by atoms with van der Waals surface area (Å²) in [5.41, 5.74) is 0.479. The Balaban J connectivity index is 1.91. The van der Waals surface area contributed by atoms with Crippen LogP contribution in [0.4, 0.5) is 4.39 Å². The number of hydrogen-bond acceptors (Lipinski definition) is 4. The molecule has 1 fully saturated rings. The van der Waals surface area contributed by atoms with Gasteiger partial charge in [0.05, 0.1) is 0 Å². The second kappa shape index (κ2) is 3.76. The summed E-state index contributed by atoms with van der Waals surface area (Å²) in [7, 11) is 0. The number of benzene rings is 1. The zero-order valence-corrected chi connectivity index (χ0v) is 8.89. The highest BCUT2D eigenvalue weighted by Gasteiger charge is 2.34. The van der Waals surface area contributed by atoms with Crippen molar-refractivity contribution in [1.82, 2.24) is 10.2 Å². The van der Waals surface area contributed by atoms with Crippen LogP contribution in [0.3, 0.4) is 0 Å². The van der Waals surface area contributed by atoms with Gasteiger partial charge in [0, 0.05) is 11.5 Å². The fourth-order valence-corrected chi connectivity index (χ4v) is 1.58. The summed E-state index contributed by atoms with van der Waals surface area (Å²) in [4.78, 5) is 11.6. The predicted octanol–water partition coefficient (Wildman–Crippen LogP) is 2.47. The number of carbonyl (C=O) groups excluding carboxylic acids is 1. The molecule has 5 heteroatoms. The fourth-order valence-electron chi connectivity index (χ4n) is 1.58. The molecule has 0 atom stereocenters. The zero-order chi connectivity index (χ0) is 11.8. The topological polar surface area (TPSA) is 56.0 Å². The number of halogens is 1. The van der Waals surface area contributed by atoms with E-state index < -0.39 is 0 Å². The van der Waals surface area contributed by atoms with Gasteiger partial charge in [-0.25, -0.2) is 4.39 Å². The monoisotopic (exact) mass is 232 g/mol. The first-order chi connectivity index (χ1) is 8.24. The first kappa shape index (κ1) is 10.1. The SMILES string of the molecule is O=C(c1nnc(-c2cccc(F)c2)o1)C1CC1. The number of carbonyl (C=O) groups is 1. The van der Waals surface area contributed by atoms with Crippen LogP contribution in [0.2, 0.25) is 0 Å². The Morgan fingerprint density at radius 3 is 2.88 bits per heavy atom. The van der Waals surface area contributed by atoms with Crippen LogP contribution in [0.15, 0.2) is 28.7 Å². The number of rotatable bonds is 3. The van der Waals surface area contributed by atoms with Gasteiger partial charge < -0.3 is 4.42 Å². The Morgan fingerprint density at radius 1 is 1.35 bits per heavy atom. The van der Waals surface area contributed by atoms with Crippen LogP contribution in [0.1, 0.15) is 23.5 Å². The van der Waals surface area contributed by atoms with Gasteiger partial charge in [0.2, 0.25) is 11.7 Å². The summed E-state index contributed by atoms with van der Waals surface area (Å²) < 4.78 is 18.2. The number of nitrogens with zero attached hydrogens (tertiary/aromatic N) is 2. The molecule has 1 aliphatic rings. The number of aromatic nitrogens is 2. The van der Waals surface area contributed by atoms with Gasteiger partial charge in [-0.05, 0) is 31.0 Å². The van der Waals surface area contributed by atoms with Crippen molar-refractivity contribution in [3.05, 3.63) is 36.0 Å². The summed E-state index contributed by atoms with van der Waals surface area (Å²) in [6, 6.07) is 5.83. The van der Waals surface area contributed by atoms with Crippen LogP contribution in [0.25, 0.3) is 11.5 Å². The molecule has 0 spiro atoms. The summed E-state index contributed by atoms with van der Waals surface area (Å²) >= 11 is 0. The number of hydrogen-bond donors (Lipinski definition) is 0. The molecule has 0 unspecified atom stereocenters. The molecule has 17 heavy (non-hydrogen) atoms. The fraction of sp³-hybridized carbons (Fsp3) is 0.250. The van der Waals surface area contributed by atoms with E-state index in [4.69, 9.17) is 4.42 Å². The maximum absolute atomic E-state index is 13.0. The van der Waals surface area contributed by atoms with E-state index in [9.17, 15) is 9.18 Å². The van der Waals surface area contributed by atoms with E-state index in [-0.39, 0.29) is 29.3 Å². The Labute approximate surface area is 96.5 Å². The molecule has 1 saturated carbocycles. The maximum atomic E-state index is 13.0. The van der Waals surface area contributed by atoms with Gasteiger partial charge in [-0.1, -0.05) is 6.07 Å². The van der Waals surface area contributed by atoms with E-state index in [1.807, 2.05) is 0 Å². The third kappa shape index (κ3) is 1.95. The lowest BCUT2D eigenvalue weighted by Crippen LogP contribution is -2.01. The zero-order valence-electron chi connectivity index (χ0n) is 8.89. The van der Waals surface area contributed by atoms with Crippen molar-refractivity contribution in [2.45, 2.75) is 12.8 Å². The molecular weight excluding hydrogens is 223 g/mol. The second-order valence-corrected chi connectivity index (χ2v) is 4.06. The standard InChI is InChI=1S/C12H9FN2O2/c13-9-3-1-2-8(6-9)11-14-15-12(17-11)10(16)7-4-5-7/h1-3,6-7H,4-5H2. The van der Waals surface area contributed by atoms with Crippen molar-refractivity contribution < 1.29 is 13.6 Å². The number of ketones is 1. The van der Waals surface area contributed by atoms with Gasteiger partial charge in [0.25, 0.3) is 5.89 Å². The van der Waals surface area contributed by atoms with Crippen molar-refractivity contribution in [3.63, 3.8) is 0 Å². The molecule has 0 N–H and O–H groups in total. The molecule has 86 valence electrons. The summed E-state index contributed by atoms with van der Waals surface area (Å²) in [5.74, 6) is -0.257. The van der Waals surface area contributed by atoms with Crippen LogP contribution in [-0.2, 0) is 0 Å². The van der Waals surface area contributed by atoms with Gasteiger partial charge in [-0.15, -0.1) is 10.2 Å². The molecule has 2 aromatic rings. The lowest BCUT2D eigenvalue weighted by molar-refractivity contribution is 0.0934. The Bertz CT molecular complexity index is 575. The highest BCUT2D eigenvalue weighted by molar-refractivity contribution is 5.95. The normalized spacial score (nSPS) is 14.9. The molecule has 0 amide bonds. The molecule has 0 saturated heterocycles. The van der Waals surface area contributed by atoms with E-state index in [1.165, 1.54) is 12.1 Å². The van der Waals surface area contributed by atoms with E-state index in [1.54, 1.807) is 12.1 Å². The Hall–Kier alpha value is -2.04. The van der Waals surface area contributed by atoms with Crippen LogP contribution in [0, 0.1) is 11.7 Å². The third-order valence-electron chi connectivity index (χ3n) is 2.66. The molecule has 4 nitrogen and oxygen atoms in total. The van der Waals surface area contributed by atoms with Gasteiger partial charge >= 0.3 is 0 Å². The van der Waals surface area contributed by atoms with Gasteiger partial charge in [-0.2, -0.15) is 0 Å². The Morgan fingerprint density at radius 2 is 2.18 bits per heavy atom.